The van der Waals surface area contributed by atoms with Gasteiger partial charge in [0.15, 0.2) is 5.17 Å². The number of amidine groups is 1. The Kier molecular flexibility index (Phi) is 9.01. The van der Waals surface area contributed by atoms with Crippen molar-refractivity contribution in [3.63, 3.8) is 0 Å². The Labute approximate surface area is 239 Å². The van der Waals surface area contributed by atoms with E-state index in [9.17, 15) is 9.59 Å². The third-order valence-electron chi connectivity index (χ3n) is 7.41. The smallest absolute Gasteiger partial charge is 0.307 e. The lowest BCUT2D eigenvalue weighted by atomic mass is 9.84. The summed E-state index contributed by atoms with van der Waals surface area (Å²) >= 11 is 1.32. The average molecular weight is 555 g/mol. The van der Waals surface area contributed by atoms with E-state index in [4.69, 9.17) is 9.84 Å². The Morgan fingerprint density at radius 1 is 0.975 bits per heavy atom. The minimum atomic E-state index is -0.875. The number of benzene rings is 3. The molecular weight excluding hydrogens is 520 g/mol. The van der Waals surface area contributed by atoms with Gasteiger partial charge in [-0.1, -0.05) is 67.8 Å². The first kappa shape index (κ1) is 27.7. The van der Waals surface area contributed by atoms with Crippen LogP contribution in [0, 0.1) is 0 Å². The maximum atomic E-state index is 12.8. The summed E-state index contributed by atoms with van der Waals surface area (Å²) in [5.41, 5.74) is 5.05. The van der Waals surface area contributed by atoms with Crippen molar-refractivity contribution in [3.05, 3.63) is 100.0 Å². The molecule has 1 heterocycles. The van der Waals surface area contributed by atoms with Crippen molar-refractivity contribution in [2.24, 2.45) is 4.99 Å². The van der Waals surface area contributed by atoms with Gasteiger partial charge >= 0.3 is 5.97 Å². The number of aliphatic carboxylic acids is 1. The van der Waals surface area contributed by atoms with Crippen LogP contribution < -0.4 is 4.74 Å². The minimum Gasteiger partial charge on any atom is -0.493 e. The molecule has 1 aliphatic carbocycles. The Morgan fingerprint density at radius 3 is 2.33 bits per heavy atom. The summed E-state index contributed by atoms with van der Waals surface area (Å²) in [4.78, 5) is 30.4. The molecule has 1 amide bonds. The molecule has 1 N–H and O–H groups in total. The molecule has 0 spiro atoms. The minimum absolute atomic E-state index is 0.0329. The summed E-state index contributed by atoms with van der Waals surface area (Å²) in [7, 11) is 1.70. The van der Waals surface area contributed by atoms with E-state index in [1.807, 2.05) is 30.3 Å². The zero-order chi connectivity index (χ0) is 27.9. The second kappa shape index (κ2) is 13.0. The highest BCUT2D eigenvalue weighted by Gasteiger charge is 2.30. The van der Waals surface area contributed by atoms with Crippen molar-refractivity contribution in [3.8, 4) is 5.75 Å². The topological polar surface area (TPSA) is 79.2 Å². The molecule has 0 atom stereocenters. The first-order chi connectivity index (χ1) is 19.4. The van der Waals surface area contributed by atoms with E-state index in [0.29, 0.717) is 27.9 Å². The second-order valence-electron chi connectivity index (χ2n) is 10.4. The number of carbonyl (C=O) groups excluding carboxylic acids is 1. The van der Waals surface area contributed by atoms with E-state index in [2.05, 4.69) is 29.3 Å². The van der Waals surface area contributed by atoms with Crippen molar-refractivity contribution >= 4 is 40.6 Å². The fraction of sp³-hybridized carbons (Fsp3) is 0.303. The zero-order valence-corrected chi connectivity index (χ0v) is 23.5. The highest BCUT2D eigenvalue weighted by Crippen LogP contribution is 2.34. The number of carboxylic acids is 1. The monoisotopic (exact) mass is 554 g/mol. The molecule has 6 nitrogen and oxygen atoms in total. The van der Waals surface area contributed by atoms with E-state index < -0.39 is 5.97 Å². The van der Waals surface area contributed by atoms with Gasteiger partial charge in [0.1, 0.15) is 5.75 Å². The Bertz CT molecular complexity index is 1390. The van der Waals surface area contributed by atoms with Gasteiger partial charge in [0, 0.05) is 13.5 Å². The highest BCUT2D eigenvalue weighted by molar-refractivity contribution is 8.18. The zero-order valence-electron chi connectivity index (χ0n) is 22.7. The van der Waals surface area contributed by atoms with Crippen molar-refractivity contribution < 1.29 is 19.4 Å². The van der Waals surface area contributed by atoms with Crippen molar-refractivity contribution in [1.82, 2.24) is 4.90 Å². The van der Waals surface area contributed by atoms with Gasteiger partial charge in [0.2, 0.25) is 0 Å². The molecule has 0 unspecified atom stereocenters. The number of carbonyl (C=O) groups is 2. The lowest BCUT2D eigenvalue weighted by molar-refractivity contribution is -0.136. The van der Waals surface area contributed by atoms with Crippen molar-refractivity contribution in [2.75, 3.05) is 13.7 Å². The quantitative estimate of drug-likeness (QED) is 0.283. The molecule has 206 valence electrons. The van der Waals surface area contributed by atoms with E-state index in [-0.39, 0.29) is 12.3 Å². The lowest BCUT2D eigenvalue weighted by Gasteiger charge is -2.22. The summed E-state index contributed by atoms with van der Waals surface area (Å²) in [6.45, 7) is 0.611. The van der Waals surface area contributed by atoms with Crippen LogP contribution in [0.5, 0.6) is 5.75 Å². The molecule has 1 aliphatic heterocycles. The summed E-state index contributed by atoms with van der Waals surface area (Å²) in [6, 6.07) is 23.8. The van der Waals surface area contributed by atoms with E-state index in [1.54, 1.807) is 31.3 Å². The Morgan fingerprint density at radius 2 is 1.65 bits per heavy atom. The van der Waals surface area contributed by atoms with Crippen LogP contribution in [-0.2, 0) is 22.4 Å². The Hall–Kier alpha value is -3.84. The van der Waals surface area contributed by atoms with Crippen LogP contribution in [0.1, 0.15) is 60.3 Å². The number of ether oxygens (including phenoxy) is 1. The SMILES string of the molecule is CN1C(=O)/C(=C/c2ccc(OCCc3ccc(C4CCCCC4)cc3)cc2)SC1=Nc1ccc(CC(=O)O)cc1. The van der Waals surface area contributed by atoms with Gasteiger partial charge in [-0.3, -0.25) is 14.5 Å². The molecule has 3 aromatic rings. The van der Waals surface area contributed by atoms with Crippen LogP contribution >= 0.6 is 11.8 Å². The number of hydrogen-bond acceptors (Lipinski definition) is 5. The van der Waals surface area contributed by atoms with E-state index in [1.165, 1.54) is 59.9 Å². The number of amides is 1. The van der Waals surface area contributed by atoms with Gasteiger partial charge in [0.25, 0.3) is 5.91 Å². The largest absolute Gasteiger partial charge is 0.493 e. The third-order valence-corrected chi connectivity index (χ3v) is 8.47. The first-order valence-electron chi connectivity index (χ1n) is 13.8. The molecule has 40 heavy (non-hydrogen) atoms. The molecule has 2 aliphatic rings. The van der Waals surface area contributed by atoms with Crippen molar-refractivity contribution in [2.45, 2.75) is 50.9 Å². The van der Waals surface area contributed by atoms with Gasteiger partial charge in [0.05, 0.1) is 23.6 Å². The highest BCUT2D eigenvalue weighted by atomic mass is 32.2. The van der Waals surface area contributed by atoms with Gasteiger partial charge in [-0.15, -0.1) is 0 Å². The standard InChI is InChI=1S/C33H34N2O4S/c1-35-32(38)30(40-33(35)34-28-15-9-25(10-16-28)22-31(36)37)21-24-11-17-29(18-12-24)39-20-19-23-7-13-27(14-8-23)26-5-3-2-4-6-26/h7-18,21,26H,2-6,19-20,22H2,1H3,(H,36,37)/b30-21-,34-33?. The molecule has 5 rings (SSSR count). The number of nitrogens with zero attached hydrogens (tertiary/aromatic N) is 2. The van der Waals surface area contributed by atoms with Gasteiger partial charge < -0.3 is 9.84 Å². The number of carboxylic acid groups (broad SMARTS) is 1. The molecule has 1 saturated heterocycles. The normalized spacial score (nSPS) is 18.0. The molecule has 0 bridgehead atoms. The Balaban J connectivity index is 1.14. The van der Waals surface area contributed by atoms with Crippen LogP contribution in [0.15, 0.2) is 82.7 Å². The van der Waals surface area contributed by atoms with Crippen molar-refractivity contribution in [1.29, 1.82) is 0 Å². The second-order valence-corrected chi connectivity index (χ2v) is 11.4. The fourth-order valence-corrected chi connectivity index (χ4v) is 6.10. The van der Waals surface area contributed by atoms with E-state index in [0.717, 1.165) is 23.7 Å². The number of likely N-dealkylation sites (N-methyl/N-ethyl adjacent to an activating group) is 1. The lowest BCUT2D eigenvalue weighted by Crippen LogP contribution is -2.23. The number of hydrogen-bond donors (Lipinski definition) is 1. The van der Waals surface area contributed by atoms with Gasteiger partial charge in [-0.25, -0.2) is 4.99 Å². The first-order valence-corrected chi connectivity index (χ1v) is 14.6. The van der Waals surface area contributed by atoms with Crippen LogP contribution in [0.2, 0.25) is 0 Å². The number of aliphatic imine (C=N–C) groups is 1. The molecule has 0 aromatic heterocycles. The number of rotatable bonds is 9. The van der Waals surface area contributed by atoms with Gasteiger partial charge in [-0.05, 0) is 83.1 Å². The molecule has 7 heteroatoms. The summed E-state index contributed by atoms with van der Waals surface area (Å²) in [5, 5.41) is 9.51. The van der Waals surface area contributed by atoms with Crippen LogP contribution in [0.25, 0.3) is 6.08 Å². The predicted octanol–water partition coefficient (Wildman–Crippen LogP) is 7.22. The summed E-state index contributed by atoms with van der Waals surface area (Å²) in [5.74, 6) is 0.548. The average Bonchev–Trinajstić information content (AvgIpc) is 3.23. The van der Waals surface area contributed by atoms with Gasteiger partial charge in [-0.2, -0.15) is 0 Å². The maximum absolute atomic E-state index is 12.8. The molecule has 1 saturated carbocycles. The molecular formula is C33H34N2O4S. The predicted molar refractivity (Wildman–Crippen MR) is 161 cm³/mol. The number of thioether (sulfide) groups is 1. The summed E-state index contributed by atoms with van der Waals surface area (Å²) in [6.07, 6.45) is 9.41. The molecule has 0 radical (unpaired) electrons. The van der Waals surface area contributed by atoms with E-state index >= 15 is 0 Å². The van der Waals surface area contributed by atoms with Crippen LogP contribution in [-0.4, -0.2) is 40.7 Å². The third kappa shape index (κ3) is 7.21. The fourth-order valence-electron chi connectivity index (χ4n) is 5.12. The summed E-state index contributed by atoms with van der Waals surface area (Å²) < 4.78 is 5.98. The molecule has 2 fully saturated rings. The van der Waals surface area contributed by atoms with Crippen LogP contribution in [0.3, 0.4) is 0 Å². The molecule has 3 aromatic carbocycles. The maximum Gasteiger partial charge on any atom is 0.307 e. The van der Waals surface area contributed by atoms with Crippen LogP contribution in [0.4, 0.5) is 5.69 Å².